The Morgan fingerprint density at radius 1 is 1.50 bits per heavy atom. The van der Waals surface area contributed by atoms with E-state index in [1.165, 1.54) is 0 Å². The van der Waals surface area contributed by atoms with Gasteiger partial charge in [0.1, 0.15) is 0 Å². The number of hydrogen-bond donors (Lipinski definition) is 1. The monoisotopic (exact) mass is 297 g/mol. The Bertz CT molecular complexity index is 370. The van der Waals surface area contributed by atoms with Gasteiger partial charge in [0, 0.05) is 23.9 Å². The molecule has 1 rings (SSSR count). The van der Waals surface area contributed by atoms with Gasteiger partial charge in [-0.1, -0.05) is 20.8 Å². The highest BCUT2D eigenvalue weighted by Gasteiger charge is 2.50. The van der Waals surface area contributed by atoms with Gasteiger partial charge in [-0.3, -0.25) is 0 Å². The van der Waals surface area contributed by atoms with Crippen molar-refractivity contribution in [2.24, 2.45) is 11.3 Å². The van der Waals surface area contributed by atoms with E-state index in [0.717, 1.165) is 6.42 Å². The average Bonchev–Trinajstić information content (AvgIpc) is 2.27. The molecule has 0 saturated heterocycles. The molecule has 0 aromatic rings. The predicted molar refractivity (Wildman–Crippen MR) is 74.4 cm³/mol. The summed E-state index contributed by atoms with van der Waals surface area (Å²) >= 11 is 5.65. The van der Waals surface area contributed by atoms with Gasteiger partial charge < -0.3 is 4.74 Å². The fourth-order valence-electron chi connectivity index (χ4n) is 2.25. The van der Waals surface area contributed by atoms with Gasteiger partial charge in [0.2, 0.25) is 10.0 Å². The van der Waals surface area contributed by atoms with Gasteiger partial charge in [-0.25, -0.2) is 13.1 Å². The van der Waals surface area contributed by atoms with Crippen LogP contribution in [0.25, 0.3) is 0 Å². The number of alkyl halides is 1. The highest BCUT2D eigenvalue weighted by atomic mass is 35.5. The van der Waals surface area contributed by atoms with Crippen molar-refractivity contribution in [1.82, 2.24) is 4.72 Å². The van der Waals surface area contributed by atoms with Crippen LogP contribution < -0.4 is 4.72 Å². The minimum Gasteiger partial charge on any atom is -0.378 e. The summed E-state index contributed by atoms with van der Waals surface area (Å²) < 4.78 is 32.2. The maximum absolute atomic E-state index is 11.9. The highest BCUT2D eigenvalue weighted by Crippen LogP contribution is 2.43. The van der Waals surface area contributed by atoms with Crippen LogP contribution >= 0.6 is 11.6 Å². The molecule has 3 atom stereocenters. The second-order valence-corrected chi connectivity index (χ2v) is 7.82. The summed E-state index contributed by atoms with van der Waals surface area (Å²) in [7, 11) is -3.25. The van der Waals surface area contributed by atoms with E-state index >= 15 is 0 Å². The first-order chi connectivity index (χ1) is 8.23. The average molecular weight is 298 g/mol. The molecule has 1 saturated carbocycles. The SMILES string of the molecule is CCOC1CC(NS(=O)(=O)CC(C)CCl)C1(C)C. The molecule has 0 radical (unpaired) electrons. The third kappa shape index (κ3) is 3.83. The summed E-state index contributed by atoms with van der Waals surface area (Å²) in [4.78, 5) is 0. The molecule has 0 heterocycles. The van der Waals surface area contributed by atoms with Crippen LogP contribution in [0.4, 0.5) is 0 Å². The number of rotatable bonds is 7. The van der Waals surface area contributed by atoms with Crippen LogP contribution in [0.1, 0.15) is 34.1 Å². The van der Waals surface area contributed by atoms with Gasteiger partial charge >= 0.3 is 0 Å². The Labute approximate surface area is 115 Å². The fraction of sp³-hybridized carbons (Fsp3) is 1.00. The van der Waals surface area contributed by atoms with Crippen LogP contribution in [0, 0.1) is 11.3 Å². The number of nitrogens with one attached hydrogen (secondary N) is 1. The zero-order valence-corrected chi connectivity index (χ0v) is 13.1. The van der Waals surface area contributed by atoms with Crippen LogP contribution in [-0.2, 0) is 14.8 Å². The Morgan fingerprint density at radius 2 is 2.11 bits per heavy atom. The van der Waals surface area contributed by atoms with Gasteiger partial charge in [-0.05, 0) is 19.3 Å². The number of sulfonamides is 1. The Morgan fingerprint density at radius 3 is 2.56 bits per heavy atom. The minimum absolute atomic E-state index is 0.0324. The number of hydrogen-bond acceptors (Lipinski definition) is 3. The Kier molecular flexibility index (Phi) is 5.47. The molecule has 18 heavy (non-hydrogen) atoms. The molecule has 0 amide bonds. The third-order valence-electron chi connectivity index (χ3n) is 3.63. The molecule has 0 aromatic carbocycles. The molecule has 0 aliphatic heterocycles. The fourth-order valence-corrected chi connectivity index (χ4v) is 4.29. The van der Waals surface area contributed by atoms with E-state index in [1.54, 1.807) is 0 Å². The van der Waals surface area contributed by atoms with Gasteiger partial charge in [0.15, 0.2) is 0 Å². The maximum Gasteiger partial charge on any atom is 0.212 e. The molecule has 0 bridgehead atoms. The topological polar surface area (TPSA) is 55.4 Å². The lowest BCUT2D eigenvalue weighted by Crippen LogP contribution is -2.62. The molecule has 3 unspecified atom stereocenters. The Balaban J connectivity index is 2.55. The van der Waals surface area contributed by atoms with E-state index < -0.39 is 10.0 Å². The van der Waals surface area contributed by atoms with Crippen molar-refractivity contribution >= 4 is 21.6 Å². The molecule has 108 valence electrons. The van der Waals surface area contributed by atoms with Crippen molar-refractivity contribution < 1.29 is 13.2 Å². The summed E-state index contributed by atoms with van der Waals surface area (Å²) in [5, 5.41) is 0. The smallest absolute Gasteiger partial charge is 0.212 e. The molecule has 0 aromatic heterocycles. The number of ether oxygens (including phenoxy) is 1. The van der Waals surface area contributed by atoms with Crippen molar-refractivity contribution in [3.05, 3.63) is 0 Å². The predicted octanol–water partition coefficient (Wildman–Crippen LogP) is 1.98. The summed E-state index contributed by atoms with van der Waals surface area (Å²) in [5.41, 5.74) is -0.146. The van der Waals surface area contributed by atoms with Crippen molar-refractivity contribution in [3.63, 3.8) is 0 Å². The normalized spacial score (nSPS) is 28.7. The lowest BCUT2D eigenvalue weighted by atomic mass is 9.65. The highest BCUT2D eigenvalue weighted by molar-refractivity contribution is 7.89. The molecular formula is C12H24ClNO3S. The second kappa shape index (κ2) is 6.07. The molecule has 1 N–H and O–H groups in total. The Hall–Kier alpha value is 0.160. The molecule has 6 heteroatoms. The first kappa shape index (κ1) is 16.2. The van der Waals surface area contributed by atoms with Gasteiger partial charge in [-0.2, -0.15) is 0 Å². The summed E-state index contributed by atoms with van der Waals surface area (Å²) in [6, 6.07) is -0.0402. The molecule has 1 aliphatic rings. The lowest BCUT2D eigenvalue weighted by molar-refractivity contribution is -0.108. The minimum atomic E-state index is -3.25. The van der Waals surface area contributed by atoms with E-state index in [-0.39, 0.29) is 29.2 Å². The standard InChI is InChI=1S/C12H24ClNO3S/c1-5-17-11-6-10(12(11,3)4)14-18(15,16)8-9(2)7-13/h9-11,14H,5-8H2,1-4H3. The number of halogens is 1. The van der Waals surface area contributed by atoms with Crippen molar-refractivity contribution in [3.8, 4) is 0 Å². The first-order valence-corrected chi connectivity index (χ1v) is 8.59. The van der Waals surface area contributed by atoms with Gasteiger partial charge in [-0.15, -0.1) is 11.6 Å². The molecule has 1 aliphatic carbocycles. The van der Waals surface area contributed by atoms with E-state index in [9.17, 15) is 8.42 Å². The van der Waals surface area contributed by atoms with E-state index in [1.807, 2.05) is 27.7 Å². The first-order valence-electron chi connectivity index (χ1n) is 6.40. The zero-order chi connectivity index (χ0) is 14.0. The van der Waals surface area contributed by atoms with Crippen molar-refractivity contribution in [1.29, 1.82) is 0 Å². The largest absolute Gasteiger partial charge is 0.378 e. The van der Waals surface area contributed by atoms with Crippen LogP contribution in [0.15, 0.2) is 0 Å². The summed E-state index contributed by atoms with van der Waals surface area (Å²) in [6.45, 7) is 8.53. The molecule has 1 fully saturated rings. The van der Waals surface area contributed by atoms with E-state index in [4.69, 9.17) is 16.3 Å². The van der Waals surface area contributed by atoms with E-state index in [0.29, 0.717) is 12.5 Å². The molecular weight excluding hydrogens is 274 g/mol. The maximum atomic E-state index is 11.9. The summed E-state index contributed by atoms with van der Waals surface area (Å²) in [5.74, 6) is 0.411. The molecule has 4 nitrogen and oxygen atoms in total. The quantitative estimate of drug-likeness (QED) is 0.731. The summed E-state index contributed by atoms with van der Waals surface area (Å²) in [6.07, 6.45) is 0.885. The van der Waals surface area contributed by atoms with Crippen LogP contribution in [0.3, 0.4) is 0 Å². The van der Waals surface area contributed by atoms with Gasteiger partial charge in [0.25, 0.3) is 0 Å². The van der Waals surface area contributed by atoms with Crippen LogP contribution in [-0.4, -0.2) is 38.8 Å². The van der Waals surface area contributed by atoms with Gasteiger partial charge in [0.05, 0.1) is 11.9 Å². The third-order valence-corrected chi connectivity index (χ3v) is 5.81. The van der Waals surface area contributed by atoms with Crippen molar-refractivity contribution in [2.75, 3.05) is 18.2 Å². The van der Waals surface area contributed by atoms with E-state index in [2.05, 4.69) is 4.72 Å². The van der Waals surface area contributed by atoms with Crippen LogP contribution in [0.5, 0.6) is 0 Å². The lowest BCUT2D eigenvalue weighted by Gasteiger charge is -2.51. The van der Waals surface area contributed by atoms with Crippen molar-refractivity contribution in [2.45, 2.75) is 46.3 Å². The van der Waals surface area contributed by atoms with Crippen LogP contribution in [0.2, 0.25) is 0 Å². The zero-order valence-electron chi connectivity index (χ0n) is 11.6. The molecule has 0 spiro atoms. The second-order valence-electron chi connectivity index (χ2n) is 5.71.